The maximum absolute atomic E-state index is 12.5. The number of halogens is 3. The van der Waals surface area contributed by atoms with Crippen molar-refractivity contribution in [3.05, 3.63) is 18.2 Å². The van der Waals surface area contributed by atoms with Gasteiger partial charge in [-0.15, -0.1) is 0 Å². The molecule has 0 aromatic carbocycles. The van der Waals surface area contributed by atoms with Crippen molar-refractivity contribution >= 4 is 5.91 Å². The van der Waals surface area contributed by atoms with Crippen molar-refractivity contribution in [3.63, 3.8) is 0 Å². The van der Waals surface area contributed by atoms with Crippen LogP contribution < -0.4 is 5.73 Å². The Balaban J connectivity index is 2.06. The maximum Gasteiger partial charge on any atom is 0.406 e. The number of imidazole rings is 1. The highest BCUT2D eigenvalue weighted by atomic mass is 19.4. The summed E-state index contributed by atoms with van der Waals surface area (Å²) in [6.07, 6.45) is -0.0689. The second kappa shape index (κ2) is 6.05. The predicted octanol–water partition coefficient (Wildman–Crippen LogP) is 1.53. The average Bonchev–Trinajstić information content (AvgIpc) is 2.76. The predicted molar refractivity (Wildman–Crippen MR) is 70.1 cm³/mol. The third kappa shape index (κ3) is 4.20. The van der Waals surface area contributed by atoms with Crippen LogP contribution in [0.3, 0.4) is 0 Å². The standard InChI is InChI=1S/C13H19F3N4O/c1-9-2-3-10(12(17)21)6-20(9)7-11-18-4-5-19(11)8-13(14,15)16/h4-5,9-10H,2-3,6-8H2,1H3,(H2,17,21). The number of hydrogen-bond donors (Lipinski definition) is 1. The minimum atomic E-state index is -4.28. The molecule has 0 bridgehead atoms. The number of carbonyl (C=O) groups is 1. The number of nitrogens with zero attached hydrogens (tertiary/aromatic N) is 3. The van der Waals surface area contributed by atoms with E-state index in [1.807, 2.05) is 11.8 Å². The van der Waals surface area contributed by atoms with Gasteiger partial charge in [0.2, 0.25) is 5.91 Å². The van der Waals surface area contributed by atoms with Crippen molar-refractivity contribution < 1.29 is 18.0 Å². The second-order valence-corrected chi connectivity index (χ2v) is 5.54. The van der Waals surface area contributed by atoms with Gasteiger partial charge in [-0.1, -0.05) is 0 Å². The average molecular weight is 304 g/mol. The lowest BCUT2D eigenvalue weighted by molar-refractivity contribution is -0.141. The number of carbonyl (C=O) groups excluding carboxylic acids is 1. The lowest BCUT2D eigenvalue weighted by Gasteiger charge is -2.36. The molecule has 2 unspecified atom stereocenters. The van der Waals surface area contributed by atoms with Crippen molar-refractivity contribution in [1.82, 2.24) is 14.5 Å². The zero-order valence-electron chi connectivity index (χ0n) is 11.8. The summed E-state index contributed by atoms with van der Waals surface area (Å²) < 4.78 is 38.6. The Morgan fingerprint density at radius 1 is 1.48 bits per heavy atom. The van der Waals surface area contributed by atoms with Gasteiger partial charge < -0.3 is 10.3 Å². The quantitative estimate of drug-likeness (QED) is 0.917. The summed E-state index contributed by atoms with van der Waals surface area (Å²) in [6.45, 7) is 1.70. The van der Waals surface area contributed by atoms with Crippen LogP contribution in [0.4, 0.5) is 13.2 Å². The molecular formula is C13H19F3N4O. The third-order valence-electron chi connectivity index (χ3n) is 3.91. The van der Waals surface area contributed by atoms with Crippen LogP contribution in [0, 0.1) is 5.92 Å². The molecule has 118 valence electrons. The van der Waals surface area contributed by atoms with Gasteiger partial charge in [-0.2, -0.15) is 13.2 Å². The van der Waals surface area contributed by atoms with Gasteiger partial charge in [0.1, 0.15) is 12.4 Å². The summed E-state index contributed by atoms with van der Waals surface area (Å²) in [5.41, 5.74) is 5.33. The molecule has 2 N–H and O–H groups in total. The van der Waals surface area contributed by atoms with Gasteiger partial charge in [0.25, 0.3) is 0 Å². The number of likely N-dealkylation sites (tertiary alicyclic amines) is 1. The number of amides is 1. The first-order chi connectivity index (χ1) is 9.76. The number of rotatable bonds is 4. The third-order valence-corrected chi connectivity index (χ3v) is 3.91. The zero-order valence-corrected chi connectivity index (χ0v) is 11.8. The molecule has 1 fully saturated rings. The molecule has 8 heteroatoms. The van der Waals surface area contributed by atoms with Crippen LogP contribution in [0.1, 0.15) is 25.6 Å². The highest BCUT2D eigenvalue weighted by Crippen LogP contribution is 2.24. The number of piperidine rings is 1. The Morgan fingerprint density at radius 2 is 2.19 bits per heavy atom. The number of hydrogen-bond acceptors (Lipinski definition) is 3. The topological polar surface area (TPSA) is 64.2 Å². The number of nitrogens with two attached hydrogens (primary N) is 1. The summed E-state index contributed by atoms with van der Waals surface area (Å²) in [5, 5.41) is 0. The molecule has 1 amide bonds. The molecule has 1 aliphatic heterocycles. The van der Waals surface area contributed by atoms with Crippen molar-refractivity contribution in [3.8, 4) is 0 Å². The van der Waals surface area contributed by atoms with Crippen LogP contribution >= 0.6 is 0 Å². The summed E-state index contributed by atoms with van der Waals surface area (Å²) in [6, 6.07) is 0.191. The largest absolute Gasteiger partial charge is 0.406 e. The van der Waals surface area contributed by atoms with E-state index >= 15 is 0 Å². The fourth-order valence-corrected chi connectivity index (χ4v) is 2.64. The Hall–Kier alpha value is -1.57. The van der Waals surface area contributed by atoms with Crippen LogP contribution in [-0.2, 0) is 17.9 Å². The van der Waals surface area contributed by atoms with Crippen molar-refractivity contribution in [2.24, 2.45) is 11.7 Å². The number of alkyl halides is 3. The van der Waals surface area contributed by atoms with Crippen LogP contribution in [0.2, 0.25) is 0 Å². The molecule has 21 heavy (non-hydrogen) atoms. The molecule has 0 saturated carbocycles. The number of primary amides is 1. The Bertz CT molecular complexity index is 500. The first kappa shape index (κ1) is 15.8. The van der Waals surface area contributed by atoms with Gasteiger partial charge in [-0.3, -0.25) is 9.69 Å². The number of aromatic nitrogens is 2. The van der Waals surface area contributed by atoms with Gasteiger partial charge in [0.05, 0.1) is 12.5 Å². The van der Waals surface area contributed by atoms with E-state index in [0.29, 0.717) is 12.4 Å². The van der Waals surface area contributed by atoms with E-state index in [9.17, 15) is 18.0 Å². The molecule has 1 aromatic heterocycles. The van der Waals surface area contributed by atoms with E-state index in [1.54, 1.807) is 0 Å². The molecule has 5 nitrogen and oxygen atoms in total. The highest BCUT2D eigenvalue weighted by molar-refractivity contribution is 5.76. The van der Waals surface area contributed by atoms with E-state index < -0.39 is 12.7 Å². The van der Waals surface area contributed by atoms with E-state index in [-0.39, 0.29) is 24.4 Å². The Kier molecular flexibility index (Phi) is 4.55. The Morgan fingerprint density at radius 3 is 2.81 bits per heavy atom. The van der Waals surface area contributed by atoms with Gasteiger partial charge in [0.15, 0.2) is 0 Å². The summed E-state index contributed by atoms with van der Waals surface area (Å²) >= 11 is 0. The van der Waals surface area contributed by atoms with Crippen molar-refractivity contribution in [2.75, 3.05) is 6.54 Å². The van der Waals surface area contributed by atoms with Gasteiger partial charge in [-0.05, 0) is 19.8 Å². The van der Waals surface area contributed by atoms with E-state index in [2.05, 4.69) is 4.98 Å². The molecule has 0 aliphatic carbocycles. The summed E-state index contributed by atoms with van der Waals surface area (Å²) in [5.74, 6) is -0.248. The van der Waals surface area contributed by atoms with Crippen molar-refractivity contribution in [1.29, 1.82) is 0 Å². The smallest absolute Gasteiger partial charge is 0.369 e. The molecule has 2 rings (SSSR count). The van der Waals surface area contributed by atoms with E-state index in [0.717, 1.165) is 17.4 Å². The first-order valence-corrected chi connectivity index (χ1v) is 6.86. The van der Waals surface area contributed by atoms with Gasteiger partial charge in [-0.25, -0.2) is 4.98 Å². The van der Waals surface area contributed by atoms with E-state index in [4.69, 9.17) is 5.73 Å². The highest BCUT2D eigenvalue weighted by Gasteiger charge is 2.31. The van der Waals surface area contributed by atoms with Crippen LogP contribution in [0.15, 0.2) is 12.4 Å². The van der Waals surface area contributed by atoms with Gasteiger partial charge >= 0.3 is 6.18 Å². The molecular weight excluding hydrogens is 285 g/mol. The summed E-state index contributed by atoms with van der Waals surface area (Å²) in [7, 11) is 0. The van der Waals surface area contributed by atoms with Crippen LogP contribution in [-0.4, -0.2) is 39.1 Å². The van der Waals surface area contributed by atoms with Gasteiger partial charge in [0, 0.05) is 25.0 Å². The molecule has 2 atom stereocenters. The molecule has 2 heterocycles. The first-order valence-electron chi connectivity index (χ1n) is 6.86. The minimum absolute atomic E-state index is 0.191. The molecule has 0 radical (unpaired) electrons. The molecule has 1 aliphatic rings. The lowest BCUT2D eigenvalue weighted by Crippen LogP contribution is -2.45. The fraction of sp³-hybridized carbons (Fsp3) is 0.692. The Labute approximate surface area is 120 Å². The molecule has 1 saturated heterocycles. The van der Waals surface area contributed by atoms with E-state index in [1.165, 1.54) is 12.4 Å². The van der Waals surface area contributed by atoms with Crippen LogP contribution in [0.25, 0.3) is 0 Å². The second-order valence-electron chi connectivity index (χ2n) is 5.54. The summed E-state index contributed by atoms with van der Waals surface area (Å²) in [4.78, 5) is 17.3. The molecule has 0 spiro atoms. The minimum Gasteiger partial charge on any atom is -0.369 e. The van der Waals surface area contributed by atoms with Crippen LogP contribution in [0.5, 0.6) is 0 Å². The fourth-order valence-electron chi connectivity index (χ4n) is 2.64. The van der Waals surface area contributed by atoms with Crippen molar-refractivity contribution in [2.45, 2.75) is 45.1 Å². The maximum atomic E-state index is 12.5. The SMILES string of the molecule is CC1CCC(C(N)=O)CN1Cc1nccn1CC(F)(F)F. The normalized spacial score (nSPS) is 24.2. The zero-order chi connectivity index (χ0) is 15.6. The monoisotopic (exact) mass is 304 g/mol. The lowest BCUT2D eigenvalue weighted by atomic mass is 9.93. The molecule has 1 aromatic rings.